The van der Waals surface area contributed by atoms with E-state index in [0.717, 1.165) is 32.7 Å². The highest BCUT2D eigenvalue weighted by Gasteiger charge is 2.09. The van der Waals surface area contributed by atoms with Crippen molar-refractivity contribution in [3.8, 4) is 22.4 Å². The first-order chi connectivity index (χ1) is 15.2. The van der Waals surface area contributed by atoms with E-state index in [1.165, 1.54) is 27.1 Å². The summed E-state index contributed by atoms with van der Waals surface area (Å²) in [5, 5.41) is 6.58. The zero-order valence-corrected chi connectivity index (χ0v) is 17.5. The van der Waals surface area contributed by atoms with Crippen molar-refractivity contribution in [1.82, 2.24) is 4.98 Å². The van der Waals surface area contributed by atoms with E-state index in [4.69, 9.17) is 16.6 Å². The molecule has 0 spiro atoms. The molecule has 6 rings (SSSR count). The first-order valence-electron chi connectivity index (χ1n) is 10.3. The van der Waals surface area contributed by atoms with Crippen LogP contribution >= 0.6 is 11.6 Å². The average molecular weight is 416 g/mol. The van der Waals surface area contributed by atoms with Crippen LogP contribution in [-0.4, -0.2) is 4.98 Å². The summed E-state index contributed by atoms with van der Waals surface area (Å²) >= 11 is 6.74. The van der Waals surface area contributed by atoms with Crippen molar-refractivity contribution in [3.63, 3.8) is 0 Å². The van der Waals surface area contributed by atoms with E-state index in [1.807, 2.05) is 6.07 Å². The molecule has 0 aliphatic rings. The van der Waals surface area contributed by atoms with Gasteiger partial charge in [-0.3, -0.25) is 0 Å². The molecule has 0 saturated carbocycles. The largest absolute Gasteiger partial charge is 0.248 e. The molecule has 31 heavy (non-hydrogen) atoms. The Kier molecular flexibility index (Phi) is 4.22. The number of hydrogen-bond donors (Lipinski definition) is 0. The molecule has 1 nitrogen and oxygen atoms in total. The maximum atomic E-state index is 6.74. The normalized spacial score (nSPS) is 11.4. The predicted octanol–water partition coefficient (Wildman–Crippen LogP) is 8.53. The van der Waals surface area contributed by atoms with Crippen LogP contribution in [0.15, 0.2) is 109 Å². The van der Waals surface area contributed by atoms with Crippen molar-refractivity contribution < 1.29 is 0 Å². The van der Waals surface area contributed by atoms with Gasteiger partial charge in [-0.25, -0.2) is 4.98 Å². The van der Waals surface area contributed by atoms with E-state index in [2.05, 4.69) is 103 Å². The Hall–Kier alpha value is -3.68. The number of benzene rings is 5. The number of hydrogen-bond acceptors (Lipinski definition) is 1. The highest BCUT2D eigenvalue weighted by molar-refractivity contribution is 6.35. The summed E-state index contributed by atoms with van der Waals surface area (Å²) in [6, 6.07) is 38.0. The lowest BCUT2D eigenvalue weighted by Crippen LogP contribution is -1.88. The van der Waals surface area contributed by atoms with Gasteiger partial charge in [-0.2, -0.15) is 0 Å². The maximum Gasteiger partial charge on any atom is 0.0724 e. The van der Waals surface area contributed by atoms with Gasteiger partial charge in [0.1, 0.15) is 0 Å². The zero-order valence-electron chi connectivity index (χ0n) is 16.7. The molecule has 0 bridgehead atoms. The fourth-order valence-electron chi connectivity index (χ4n) is 4.23. The van der Waals surface area contributed by atoms with Gasteiger partial charge in [0.15, 0.2) is 0 Å². The Bertz CT molecular complexity index is 1600. The Labute approximate surface area is 185 Å². The molecule has 0 N–H and O–H groups in total. The Morgan fingerprint density at radius 3 is 1.74 bits per heavy atom. The molecule has 0 amide bonds. The van der Waals surface area contributed by atoms with Crippen molar-refractivity contribution >= 4 is 44.0 Å². The molecule has 0 aliphatic carbocycles. The van der Waals surface area contributed by atoms with Crippen LogP contribution in [0.4, 0.5) is 0 Å². The second-order valence-corrected chi connectivity index (χ2v) is 8.25. The van der Waals surface area contributed by atoms with Crippen LogP contribution in [0.25, 0.3) is 54.8 Å². The smallest absolute Gasteiger partial charge is 0.0724 e. The van der Waals surface area contributed by atoms with Crippen LogP contribution in [0, 0.1) is 0 Å². The van der Waals surface area contributed by atoms with Crippen molar-refractivity contribution in [1.29, 1.82) is 0 Å². The summed E-state index contributed by atoms with van der Waals surface area (Å²) in [4.78, 5) is 4.91. The fourth-order valence-corrected chi connectivity index (χ4v) is 4.48. The molecule has 1 heterocycles. The SMILES string of the molecule is Clc1cc(-c2ccc3ccccc3c2)nc2ccc(-c3ccc4ccccc4c3)cc12. The molecule has 0 aliphatic heterocycles. The Morgan fingerprint density at radius 2 is 1.03 bits per heavy atom. The molecule has 0 atom stereocenters. The average Bonchev–Trinajstić information content (AvgIpc) is 2.83. The molecular formula is C29H18ClN. The molecule has 0 radical (unpaired) electrons. The van der Waals surface area contributed by atoms with E-state index in [-0.39, 0.29) is 0 Å². The van der Waals surface area contributed by atoms with E-state index in [0.29, 0.717) is 0 Å². The van der Waals surface area contributed by atoms with Gasteiger partial charge in [-0.15, -0.1) is 0 Å². The highest BCUT2D eigenvalue weighted by atomic mass is 35.5. The minimum atomic E-state index is 0.718. The molecule has 2 heteroatoms. The summed E-state index contributed by atoms with van der Waals surface area (Å²) in [6.45, 7) is 0. The van der Waals surface area contributed by atoms with Crippen LogP contribution in [-0.2, 0) is 0 Å². The monoisotopic (exact) mass is 415 g/mol. The van der Waals surface area contributed by atoms with Crippen LogP contribution < -0.4 is 0 Å². The van der Waals surface area contributed by atoms with Crippen LogP contribution in [0.5, 0.6) is 0 Å². The van der Waals surface area contributed by atoms with Gasteiger partial charge in [-0.1, -0.05) is 90.5 Å². The summed E-state index contributed by atoms with van der Waals surface area (Å²) in [7, 11) is 0. The topological polar surface area (TPSA) is 12.9 Å². The number of aromatic nitrogens is 1. The second kappa shape index (κ2) is 7.23. The molecule has 6 aromatic rings. The number of fused-ring (bicyclic) bond motifs is 3. The second-order valence-electron chi connectivity index (χ2n) is 7.85. The fraction of sp³-hybridized carbons (Fsp3) is 0. The van der Waals surface area contributed by atoms with Crippen molar-refractivity contribution in [2.45, 2.75) is 0 Å². The van der Waals surface area contributed by atoms with Crippen molar-refractivity contribution in [2.75, 3.05) is 0 Å². The van der Waals surface area contributed by atoms with Crippen molar-refractivity contribution in [2.24, 2.45) is 0 Å². The minimum Gasteiger partial charge on any atom is -0.248 e. The molecule has 5 aromatic carbocycles. The number of rotatable bonds is 2. The number of pyridine rings is 1. The zero-order chi connectivity index (χ0) is 20.8. The summed E-state index contributed by atoms with van der Waals surface area (Å²) in [5.41, 5.74) is 5.18. The van der Waals surface area contributed by atoms with Gasteiger partial charge in [-0.05, 0) is 63.0 Å². The van der Waals surface area contributed by atoms with Gasteiger partial charge >= 0.3 is 0 Å². The molecule has 0 saturated heterocycles. The van der Waals surface area contributed by atoms with Gasteiger partial charge < -0.3 is 0 Å². The third-order valence-electron chi connectivity index (χ3n) is 5.89. The lowest BCUT2D eigenvalue weighted by atomic mass is 9.99. The molecular weight excluding hydrogens is 398 g/mol. The molecule has 0 fully saturated rings. The van der Waals surface area contributed by atoms with Crippen molar-refractivity contribution in [3.05, 3.63) is 114 Å². The van der Waals surface area contributed by atoms with Crippen LogP contribution in [0.2, 0.25) is 5.02 Å². The predicted molar refractivity (Wildman–Crippen MR) is 133 cm³/mol. The van der Waals surface area contributed by atoms with E-state index in [9.17, 15) is 0 Å². The summed E-state index contributed by atoms with van der Waals surface area (Å²) in [5.74, 6) is 0. The van der Waals surface area contributed by atoms with Crippen LogP contribution in [0.1, 0.15) is 0 Å². The number of halogens is 1. The van der Waals surface area contributed by atoms with E-state index < -0.39 is 0 Å². The molecule has 1 aromatic heterocycles. The minimum absolute atomic E-state index is 0.718. The number of nitrogens with zero attached hydrogens (tertiary/aromatic N) is 1. The highest BCUT2D eigenvalue weighted by Crippen LogP contribution is 2.33. The standard InChI is InChI=1S/C29H18ClN/c30-27-18-29(25-12-10-20-6-2-4-8-22(20)16-25)31-28-14-13-24(17-26(27)28)23-11-9-19-5-1-3-7-21(19)15-23/h1-18H. The lowest BCUT2D eigenvalue weighted by molar-refractivity contribution is 1.40. The summed E-state index contributed by atoms with van der Waals surface area (Å²) < 4.78 is 0. The first-order valence-corrected chi connectivity index (χ1v) is 10.7. The lowest BCUT2D eigenvalue weighted by Gasteiger charge is -2.10. The molecule has 146 valence electrons. The maximum absolute atomic E-state index is 6.74. The summed E-state index contributed by atoms with van der Waals surface area (Å²) in [6.07, 6.45) is 0. The van der Waals surface area contributed by atoms with Gasteiger partial charge in [0, 0.05) is 10.9 Å². The van der Waals surface area contributed by atoms with E-state index in [1.54, 1.807) is 0 Å². The third kappa shape index (κ3) is 3.24. The first kappa shape index (κ1) is 18.1. The third-order valence-corrected chi connectivity index (χ3v) is 6.20. The quantitative estimate of drug-likeness (QED) is 0.276. The van der Waals surface area contributed by atoms with Crippen LogP contribution in [0.3, 0.4) is 0 Å². The van der Waals surface area contributed by atoms with Gasteiger partial charge in [0.2, 0.25) is 0 Å². The van der Waals surface area contributed by atoms with Gasteiger partial charge in [0.05, 0.1) is 16.2 Å². The Morgan fingerprint density at radius 1 is 0.484 bits per heavy atom. The van der Waals surface area contributed by atoms with Gasteiger partial charge in [0.25, 0.3) is 0 Å². The molecule has 0 unspecified atom stereocenters. The van der Waals surface area contributed by atoms with E-state index >= 15 is 0 Å². The Balaban J connectivity index is 1.45.